The van der Waals surface area contributed by atoms with Crippen LogP contribution >= 0.6 is 0 Å². The highest BCUT2D eigenvalue weighted by molar-refractivity contribution is 5.75. The van der Waals surface area contributed by atoms with Gasteiger partial charge in [0.1, 0.15) is 5.82 Å². The number of nitrogens with zero attached hydrogens (tertiary/aromatic N) is 2. The van der Waals surface area contributed by atoms with Crippen LogP contribution in [0.25, 0.3) is 11.3 Å². The molecule has 2 rings (SSSR count). The van der Waals surface area contributed by atoms with Crippen LogP contribution in [0.1, 0.15) is 12.5 Å². The summed E-state index contributed by atoms with van der Waals surface area (Å²) in [5.74, 6) is -1.33. The highest BCUT2D eigenvalue weighted by Gasteiger charge is 2.17. The molecule has 0 radical (unpaired) electrons. The SMILES string of the molecule is CCn1ncc(CC(=O)O)c1-c1ccccc1F. The lowest BCUT2D eigenvalue weighted by Crippen LogP contribution is -2.04. The Morgan fingerprint density at radius 3 is 2.78 bits per heavy atom. The van der Waals surface area contributed by atoms with Crippen molar-refractivity contribution < 1.29 is 14.3 Å². The van der Waals surface area contributed by atoms with E-state index in [9.17, 15) is 9.18 Å². The number of aryl methyl sites for hydroxylation is 1. The predicted molar refractivity (Wildman–Crippen MR) is 64.6 cm³/mol. The largest absolute Gasteiger partial charge is 0.481 e. The van der Waals surface area contributed by atoms with E-state index in [4.69, 9.17) is 5.11 Å². The molecule has 1 aromatic heterocycles. The molecular weight excluding hydrogens is 235 g/mol. The van der Waals surface area contributed by atoms with Gasteiger partial charge in [-0.2, -0.15) is 5.10 Å². The molecule has 0 fully saturated rings. The van der Waals surface area contributed by atoms with Crippen LogP contribution in [-0.2, 0) is 17.8 Å². The third kappa shape index (κ3) is 2.25. The molecule has 2 aromatic rings. The zero-order valence-electron chi connectivity index (χ0n) is 9.93. The van der Waals surface area contributed by atoms with E-state index in [-0.39, 0.29) is 12.2 Å². The highest BCUT2D eigenvalue weighted by Crippen LogP contribution is 2.26. The molecule has 94 valence electrons. The summed E-state index contributed by atoms with van der Waals surface area (Å²) in [5.41, 5.74) is 1.44. The molecule has 0 amide bonds. The molecule has 0 unspecified atom stereocenters. The lowest BCUT2D eigenvalue weighted by Gasteiger charge is -2.08. The number of rotatable bonds is 4. The first-order valence-corrected chi connectivity index (χ1v) is 5.64. The lowest BCUT2D eigenvalue weighted by molar-refractivity contribution is -0.136. The Hall–Kier alpha value is -2.17. The van der Waals surface area contributed by atoms with Gasteiger partial charge < -0.3 is 5.11 Å². The molecule has 0 bridgehead atoms. The molecule has 0 aliphatic heterocycles. The van der Waals surface area contributed by atoms with Crippen molar-refractivity contribution in [2.24, 2.45) is 0 Å². The van der Waals surface area contributed by atoms with Crippen LogP contribution in [0.5, 0.6) is 0 Å². The number of benzene rings is 1. The van der Waals surface area contributed by atoms with E-state index in [2.05, 4.69) is 5.10 Å². The van der Waals surface area contributed by atoms with Crippen LogP contribution in [0.3, 0.4) is 0 Å². The summed E-state index contributed by atoms with van der Waals surface area (Å²) in [6.07, 6.45) is 1.32. The average molecular weight is 248 g/mol. The first kappa shape index (κ1) is 12.3. The Bertz CT molecular complexity index is 578. The van der Waals surface area contributed by atoms with Gasteiger partial charge in [-0.15, -0.1) is 0 Å². The number of carbonyl (C=O) groups is 1. The van der Waals surface area contributed by atoms with Crippen LogP contribution < -0.4 is 0 Å². The maximum Gasteiger partial charge on any atom is 0.307 e. The smallest absolute Gasteiger partial charge is 0.307 e. The first-order valence-electron chi connectivity index (χ1n) is 5.64. The maximum absolute atomic E-state index is 13.8. The minimum absolute atomic E-state index is 0.163. The van der Waals surface area contributed by atoms with E-state index < -0.39 is 5.97 Å². The molecule has 0 atom stereocenters. The lowest BCUT2D eigenvalue weighted by atomic mass is 10.1. The van der Waals surface area contributed by atoms with E-state index in [0.717, 1.165) is 0 Å². The third-order valence-corrected chi connectivity index (χ3v) is 2.69. The van der Waals surface area contributed by atoms with E-state index in [1.54, 1.807) is 22.9 Å². The van der Waals surface area contributed by atoms with Crippen molar-refractivity contribution in [3.63, 3.8) is 0 Å². The van der Waals surface area contributed by atoms with Crippen molar-refractivity contribution >= 4 is 5.97 Å². The first-order chi connectivity index (χ1) is 8.63. The molecule has 1 heterocycles. The fraction of sp³-hybridized carbons (Fsp3) is 0.231. The Morgan fingerprint density at radius 2 is 2.17 bits per heavy atom. The standard InChI is InChI=1S/C13H13FN2O2/c1-2-16-13(9(8-15-16)7-12(17)18)10-5-3-4-6-11(10)14/h3-6,8H,2,7H2,1H3,(H,17,18). The van der Waals surface area contributed by atoms with E-state index in [1.165, 1.54) is 12.3 Å². The molecule has 18 heavy (non-hydrogen) atoms. The van der Waals surface area contributed by atoms with Gasteiger partial charge >= 0.3 is 5.97 Å². The predicted octanol–water partition coefficient (Wildman–Crippen LogP) is 2.34. The Morgan fingerprint density at radius 1 is 1.44 bits per heavy atom. The fourth-order valence-electron chi connectivity index (χ4n) is 1.92. The van der Waals surface area contributed by atoms with Crippen molar-refractivity contribution in [2.75, 3.05) is 0 Å². The second-order valence-electron chi connectivity index (χ2n) is 3.88. The van der Waals surface area contributed by atoms with Crippen molar-refractivity contribution in [3.8, 4) is 11.3 Å². The summed E-state index contributed by atoms with van der Waals surface area (Å²) in [4.78, 5) is 10.8. The number of hydrogen-bond donors (Lipinski definition) is 1. The van der Waals surface area contributed by atoms with Crippen molar-refractivity contribution in [1.82, 2.24) is 9.78 Å². The number of halogens is 1. The second-order valence-corrected chi connectivity index (χ2v) is 3.88. The van der Waals surface area contributed by atoms with Gasteiger partial charge in [-0.25, -0.2) is 4.39 Å². The molecule has 0 saturated heterocycles. The highest BCUT2D eigenvalue weighted by atomic mass is 19.1. The number of aliphatic carboxylic acids is 1. The average Bonchev–Trinajstić information content (AvgIpc) is 2.72. The normalized spacial score (nSPS) is 10.6. The van der Waals surface area contributed by atoms with E-state index in [0.29, 0.717) is 23.4 Å². The summed E-state index contributed by atoms with van der Waals surface area (Å²) in [6, 6.07) is 6.30. The number of aromatic nitrogens is 2. The quantitative estimate of drug-likeness (QED) is 0.903. The van der Waals surface area contributed by atoms with Gasteiger partial charge in [-0.3, -0.25) is 9.48 Å². The second kappa shape index (κ2) is 5.00. The zero-order chi connectivity index (χ0) is 13.1. The molecule has 0 saturated carbocycles. The van der Waals surface area contributed by atoms with Gasteiger partial charge in [-0.1, -0.05) is 12.1 Å². The molecule has 4 nitrogen and oxygen atoms in total. The van der Waals surface area contributed by atoms with Gasteiger partial charge in [0.15, 0.2) is 0 Å². The summed E-state index contributed by atoms with van der Waals surface area (Å²) >= 11 is 0. The van der Waals surface area contributed by atoms with E-state index >= 15 is 0 Å². The van der Waals surface area contributed by atoms with Crippen LogP contribution in [-0.4, -0.2) is 20.9 Å². The van der Waals surface area contributed by atoms with E-state index in [1.807, 2.05) is 6.92 Å². The molecular formula is C13H13FN2O2. The topological polar surface area (TPSA) is 55.1 Å². The minimum Gasteiger partial charge on any atom is -0.481 e. The molecule has 0 spiro atoms. The molecule has 1 N–H and O–H groups in total. The Kier molecular flexibility index (Phi) is 3.41. The van der Waals surface area contributed by atoms with Crippen LogP contribution in [0.15, 0.2) is 30.5 Å². The minimum atomic E-state index is -0.955. The summed E-state index contributed by atoms with van der Waals surface area (Å²) in [6.45, 7) is 2.44. The van der Waals surface area contributed by atoms with Gasteiger partial charge in [0.2, 0.25) is 0 Å². The van der Waals surface area contributed by atoms with Gasteiger partial charge in [-0.05, 0) is 19.1 Å². The zero-order valence-corrected chi connectivity index (χ0v) is 9.93. The van der Waals surface area contributed by atoms with Crippen LogP contribution in [0.4, 0.5) is 4.39 Å². The number of hydrogen-bond acceptors (Lipinski definition) is 2. The Labute approximate surface area is 104 Å². The van der Waals surface area contributed by atoms with Crippen molar-refractivity contribution in [1.29, 1.82) is 0 Å². The van der Waals surface area contributed by atoms with Gasteiger partial charge in [0.25, 0.3) is 0 Å². The monoisotopic (exact) mass is 248 g/mol. The summed E-state index contributed by atoms with van der Waals surface area (Å²) < 4.78 is 15.4. The van der Waals surface area contributed by atoms with Gasteiger partial charge in [0, 0.05) is 17.7 Å². The van der Waals surface area contributed by atoms with Crippen molar-refractivity contribution in [2.45, 2.75) is 19.9 Å². The Balaban J connectivity index is 2.57. The molecule has 0 aliphatic rings. The summed E-state index contributed by atoms with van der Waals surface area (Å²) in [5, 5.41) is 13.0. The molecule has 0 aliphatic carbocycles. The third-order valence-electron chi connectivity index (χ3n) is 2.69. The molecule has 5 heteroatoms. The van der Waals surface area contributed by atoms with Crippen LogP contribution in [0, 0.1) is 5.82 Å². The maximum atomic E-state index is 13.8. The van der Waals surface area contributed by atoms with Gasteiger partial charge in [0.05, 0.1) is 18.3 Å². The fourth-order valence-corrected chi connectivity index (χ4v) is 1.92. The number of carboxylic acids is 1. The van der Waals surface area contributed by atoms with Crippen LogP contribution in [0.2, 0.25) is 0 Å². The molecule has 1 aromatic carbocycles. The number of carboxylic acid groups (broad SMARTS) is 1. The van der Waals surface area contributed by atoms with Crippen molar-refractivity contribution in [3.05, 3.63) is 41.8 Å². The summed E-state index contributed by atoms with van der Waals surface area (Å²) in [7, 11) is 0.